The third-order valence-electron chi connectivity index (χ3n) is 2.05. The fraction of sp³-hybridized carbons (Fsp3) is 0.400. The minimum atomic E-state index is -0.348. The Kier molecular flexibility index (Phi) is 4.51. The van der Waals surface area contributed by atoms with Crippen LogP contribution in [0, 0.1) is 5.82 Å². The van der Waals surface area contributed by atoms with Gasteiger partial charge in [0.05, 0.1) is 4.47 Å². The molecule has 0 fully saturated rings. The van der Waals surface area contributed by atoms with Gasteiger partial charge in [0, 0.05) is 18.2 Å². The number of nitrogens with two attached hydrogens (primary N) is 1. The van der Waals surface area contributed by atoms with Crippen LogP contribution >= 0.6 is 15.9 Å². The summed E-state index contributed by atoms with van der Waals surface area (Å²) < 4.78 is 13.9. The Morgan fingerprint density at radius 3 is 2.86 bits per heavy atom. The lowest BCUT2D eigenvalue weighted by Gasteiger charge is -2.12. The first-order valence-corrected chi connectivity index (χ1v) is 5.26. The van der Waals surface area contributed by atoms with Crippen molar-refractivity contribution in [3.05, 3.63) is 34.1 Å². The van der Waals surface area contributed by atoms with Crippen molar-refractivity contribution in [2.45, 2.75) is 18.9 Å². The second kappa shape index (κ2) is 5.44. The first-order chi connectivity index (χ1) is 6.66. The lowest BCUT2D eigenvalue weighted by Crippen LogP contribution is -2.12. The number of halogens is 2. The minimum absolute atomic E-state index is 0.0866. The van der Waals surface area contributed by atoms with Gasteiger partial charge in [-0.3, -0.25) is 0 Å². The highest BCUT2D eigenvalue weighted by Crippen LogP contribution is 2.24. The maximum atomic E-state index is 13.5. The predicted octanol–water partition coefficient (Wildman–Crippen LogP) is 2.36. The number of rotatable bonds is 4. The van der Waals surface area contributed by atoms with Crippen LogP contribution in [0.1, 0.15) is 24.4 Å². The average molecular weight is 262 g/mol. The Balaban J connectivity index is 2.79. The quantitative estimate of drug-likeness (QED) is 0.874. The highest BCUT2D eigenvalue weighted by Gasteiger charge is 2.12. The molecule has 1 aromatic carbocycles. The van der Waals surface area contributed by atoms with E-state index < -0.39 is 0 Å². The summed E-state index contributed by atoms with van der Waals surface area (Å²) in [5.41, 5.74) is 6.27. The third kappa shape index (κ3) is 2.77. The van der Waals surface area contributed by atoms with Crippen LogP contribution in [0.15, 0.2) is 22.7 Å². The average Bonchev–Trinajstić information content (AvgIpc) is 2.18. The van der Waals surface area contributed by atoms with Crippen LogP contribution in [0.25, 0.3) is 0 Å². The molecule has 2 nitrogen and oxygen atoms in total. The van der Waals surface area contributed by atoms with E-state index in [1.807, 2.05) is 0 Å². The summed E-state index contributed by atoms with van der Waals surface area (Å²) in [5.74, 6) is -0.307. The lowest BCUT2D eigenvalue weighted by atomic mass is 10.0. The van der Waals surface area contributed by atoms with Gasteiger partial charge in [0.1, 0.15) is 5.82 Å². The molecule has 0 aromatic heterocycles. The molecule has 0 radical (unpaired) electrons. The Bertz CT molecular complexity index is 306. The summed E-state index contributed by atoms with van der Waals surface area (Å²) in [5, 5.41) is 8.63. The Morgan fingerprint density at radius 2 is 2.21 bits per heavy atom. The SMILES string of the molecule is N[C@@H](CCCO)c1cccc(Br)c1F. The van der Waals surface area contributed by atoms with Crippen molar-refractivity contribution in [3.8, 4) is 0 Å². The Hall–Kier alpha value is -0.450. The van der Waals surface area contributed by atoms with E-state index in [0.717, 1.165) is 0 Å². The van der Waals surface area contributed by atoms with Crippen LogP contribution in [0.5, 0.6) is 0 Å². The van der Waals surface area contributed by atoms with Gasteiger partial charge in [0.25, 0.3) is 0 Å². The van der Waals surface area contributed by atoms with Gasteiger partial charge < -0.3 is 10.8 Å². The van der Waals surface area contributed by atoms with Gasteiger partial charge in [-0.2, -0.15) is 0 Å². The first kappa shape index (κ1) is 11.6. The fourth-order valence-electron chi connectivity index (χ4n) is 1.27. The molecule has 0 spiro atoms. The van der Waals surface area contributed by atoms with Crippen molar-refractivity contribution in [2.24, 2.45) is 5.73 Å². The normalized spacial score (nSPS) is 12.9. The Labute approximate surface area is 91.1 Å². The monoisotopic (exact) mass is 261 g/mol. The summed E-state index contributed by atoms with van der Waals surface area (Å²) in [6.45, 7) is 0.0866. The Morgan fingerprint density at radius 1 is 1.50 bits per heavy atom. The van der Waals surface area contributed by atoms with E-state index in [4.69, 9.17) is 10.8 Å². The van der Waals surface area contributed by atoms with Crippen LogP contribution in [-0.4, -0.2) is 11.7 Å². The molecule has 0 aliphatic carbocycles. The van der Waals surface area contributed by atoms with Gasteiger partial charge in [-0.1, -0.05) is 12.1 Å². The zero-order chi connectivity index (χ0) is 10.6. The maximum absolute atomic E-state index is 13.5. The second-order valence-corrected chi connectivity index (χ2v) is 3.97. The highest BCUT2D eigenvalue weighted by atomic mass is 79.9. The maximum Gasteiger partial charge on any atom is 0.142 e. The van der Waals surface area contributed by atoms with E-state index in [2.05, 4.69) is 15.9 Å². The number of hydrogen-bond acceptors (Lipinski definition) is 2. The fourth-order valence-corrected chi connectivity index (χ4v) is 1.66. The molecule has 0 aliphatic rings. The highest BCUT2D eigenvalue weighted by molar-refractivity contribution is 9.10. The molecular weight excluding hydrogens is 249 g/mol. The van der Waals surface area contributed by atoms with Crippen LogP contribution in [0.4, 0.5) is 4.39 Å². The molecule has 0 aliphatic heterocycles. The topological polar surface area (TPSA) is 46.2 Å². The molecule has 0 saturated carbocycles. The molecule has 0 saturated heterocycles. The van der Waals surface area contributed by atoms with Crippen molar-refractivity contribution in [1.29, 1.82) is 0 Å². The summed E-state index contributed by atoms with van der Waals surface area (Å²) >= 11 is 3.10. The van der Waals surface area contributed by atoms with E-state index >= 15 is 0 Å². The van der Waals surface area contributed by atoms with E-state index in [-0.39, 0.29) is 18.5 Å². The zero-order valence-electron chi connectivity index (χ0n) is 7.71. The first-order valence-electron chi connectivity index (χ1n) is 4.47. The smallest absolute Gasteiger partial charge is 0.142 e. The molecule has 0 heterocycles. The molecule has 1 aromatic rings. The number of hydrogen-bond donors (Lipinski definition) is 2. The molecule has 3 N–H and O–H groups in total. The molecule has 14 heavy (non-hydrogen) atoms. The molecule has 0 bridgehead atoms. The van der Waals surface area contributed by atoms with Crippen LogP contribution in [0.2, 0.25) is 0 Å². The number of aliphatic hydroxyl groups is 1. The van der Waals surface area contributed by atoms with Crippen LogP contribution in [0.3, 0.4) is 0 Å². The largest absolute Gasteiger partial charge is 0.396 e. The van der Waals surface area contributed by atoms with Gasteiger partial charge in [-0.05, 0) is 34.8 Å². The molecular formula is C10H13BrFNO. The molecule has 1 atom stereocenters. The van der Waals surface area contributed by atoms with Gasteiger partial charge >= 0.3 is 0 Å². The molecule has 1 rings (SSSR count). The molecule has 0 unspecified atom stereocenters. The van der Waals surface area contributed by atoms with Gasteiger partial charge in [-0.25, -0.2) is 4.39 Å². The summed E-state index contributed by atoms with van der Waals surface area (Å²) in [6, 6.07) is 4.71. The predicted molar refractivity (Wildman–Crippen MR) is 57.3 cm³/mol. The van der Waals surface area contributed by atoms with Crippen LogP contribution in [-0.2, 0) is 0 Å². The standard InChI is InChI=1S/C10H13BrFNO/c11-8-4-1-3-7(10(8)12)9(13)5-2-6-14/h1,3-4,9,14H,2,5-6,13H2/t9-/m0/s1. The van der Waals surface area contributed by atoms with E-state index in [0.29, 0.717) is 22.9 Å². The zero-order valence-corrected chi connectivity index (χ0v) is 9.30. The number of benzene rings is 1. The van der Waals surface area contributed by atoms with E-state index in [1.165, 1.54) is 0 Å². The second-order valence-electron chi connectivity index (χ2n) is 3.12. The summed E-state index contributed by atoms with van der Waals surface area (Å²) in [4.78, 5) is 0. The van der Waals surface area contributed by atoms with Gasteiger partial charge in [0.2, 0.25) is 0 Å². The van der Waals surface area contributed by atoms with Crippen molar-refractivity contribution in [2.75, 3.05) is 6.61 Å². The van der Waals surface area contributed by atoms with E-state index in [9.17, 15) is 4.39 Å². The number of aliphatic hydroxyl groups excluding tert-OH is 1. The van der Waals surface area contributed by atoms with Crippen molar-refractivity contribution in [1.82, 2.24) is 0 Å². The van der Waals surface area contributed by atoms with Gasteiger partial charge in [0.15, 0.2) is 0 Å². The van der Waals surface area contributed by atoms with Crippen molar-refractivity contribution >= 4 is 15.9 Å². The minimum Gasteiger partial charge on any atom is -0.396 e. The van der Waals surface area contributed by atoms with Gasteiger partial charge in [-0.15, -0.1) is 0 Å². The van der Waals surface area contributed by atoms with Crippen molar-refractivity contribution in [3.63, 3.8) is 0 Å². The van der Waals surface area contributed by atoms with Crippen LogP contribution < -0.4 is 5.73 Å². The third-order valence-corrected chi connectivity index (χ3v) is 2.67. The summed E-state index contributed by atoms with van der Waals surface area (Å²) in [6.07, 6.45) is 1.18. The molecule has 0 amide bonds. The summed E-state index contributed by atoms with van der Waals surface area (Å²) in [7, 11) is 0. The van der Waals surface area contributed by atoms with Crippen molar-refractivity contribution < 1.29 is 9.50 Å². The molecule has 78 valence electrons. The molecule has 4 heteroatoms. The lowest BCUT2D eigenvalue weighted by molar-refractivity contribution is 0.279. The van der Waals surface area contributed by atoms with E-state index in [1.54, 1.807) is 18.2 Å².